The van der Waals surface area contributed by atoms with Gasteiger partial charge in [-0.25, -0.2) is 0 Å². The van der Waals surface area contributed by atoms with Gasteiger partial charge in [-0.1, -0.05) is 32.0 Å². The van der Waals surface area contributed by atoms with E-state index in [2.05, 4.69) is 5.32 Å². The first-order valence-corrected chi connectivity index (χ1v) is 5.74. The summed E-state index contributed by atoms with van der Waals surface area (Å²) in [6.07, 6.45) is 0. The molecular weight excluding hydrogens is 214 g/mol. The van der Waals surface area contributed by atoms with E-state index in [1.54, 1.807) is 24.3 Å². The standard InChI is InChI=1S/C14H17NO2/c1-13(2)11(16)9-7-5-6-8-10(9)12(17)15-14(13,3)4/h5-8H,1-4H3,(H,15,17). The number of fused-ring (bicyclic) bond motifs is 1. The predicted molar refractivity (Wildman–Crippen MR) is 66.1 cm³/mol. The highest BCUT2D eigenvalue weighted by Gasteiger charge is 2.47. The van der Waals surface area contributed by atoms with Crippen LogP contribution in [0, 0.1) is 5.41 Å². The van der Waals surface area contributed by atoms with Crippen molar-refractivity contribution in [3.63, 3.8) is 0 Å². The number of hydrogen-bond acceptors (Lipinski definition) is 2. The summed E-state index contributed by atoms with van der Waals surface area (Å²) in [7, 11) is 0. The molecular formula is C14H17NO2. The largest absolute Gasteiger partial charge is 0.346 e. The molecule has 1 aromatic carbocycles. The number of amides is 1. The Morgan fingerprint density at radius 1 is 0.941 bits per heavy atom. The molecule has 1 N–H and O–H groups in total. The molecule has 0 bridgehead atoms. The summed E-state index contributed by atoms with van der Waals surface area (Å²) in [5.74, 6) is -0.166. The van der Waals surface area contributed by atoms with Crippen LogP contribution in [0.3, 0.4) is 0 Å². The smallest absolute Gasteiger partial charge is 0.252 e. The lowest BCUT2D eigenvalue weighted by molar-refractivity contribution is 0.0665. The zero-order valence-corrected chi connectivity index (χ0v) is 10.6. The van der Waals surface area contributed by atoms with Gasteiger partial charge in [-0.2, -0.15) is 0 Å². The maximum Gasteiger partial charge on any atom is 0.252 e. The highest BCUT2D eigenvalue weighted by Crippen LogP contribution is 2.37. The summed E-state index contributed by atoms with van der Waals surface area (Å²) in [5, 5.41) is 2.94. The molecule has 0 spiro atoms. The minimum absolute atomic E-state index is 0.0106. The molecule has 0 aliphatic carbocycles. The summed E-state index contributed by atoms with van der Waals surface area (Å²) >= 11 is 0. The van der Waals surface area contributed by atoms with Gasteiger partial charge in [0.2, 0.25) is 0 Å². The summed E-state index contributed by atoms with van der Waals surface area (Å²) in [6.45, 7) is 7.51. The number of carbonyl (C=O) groups is 2. The van der Waals surface area contributed by atoms with Gasteiger partial charge in [0.25, 0.3) is 5.91 Å². The predicted octanol–water partition coefficient (Wildman–Crippen LogP) is 2.42. The minimum atomic E-state index is -0.630. The summed E-state index contributed by atoms with van der Waals surface area (Å²) in [6, 6.07) is 6.98. The molecule has 1 aromatic rings. The van der Waals surface area contributed by atoms with Gasteiger partial charge in [-0.05, 0) is 19.9 Å². The molecule has 0 saturated carbocycles. The van der Waals surface area contributed by atoms with Crippen LogP contribution in [-0.2, 0) is 0 Å². The lowest BCUT2D eigenvalue weighted by Gasteiger charge is -2.39. The van der Waals surface area contributed by atoms with Crippen LogP contribution in [-0.4, -0.2) is 17.2 Å². The Balaban J connectivity index is 2.69. The molecule has 17 heavy (non-hydrogen) atoms. The first-order chi connectivity index (χ1) is 7.77. The van der Waals surface area contributed by atoms with Crippen molar-refractivity contribution in [2.45, 2.75) is 33.2 Å². The van der Waals surface area contributed by atoms with Crippen molar-refractivity contribution in [3.05, 3.63) is 35.4 Å². The van der Waals surface area contributed by atoms with Crippen molar-refractivity contribution in [2.24, 2.45) is 5.41 Å². The molecule has 0 saturated heterocycles. The zero-order chi connectivity index (χ0) is 12.8. The fraction of sp³-hybridized carbons (Fsp3) is 0.429. The van der Waals surface area contributed by atoms with Crippen LogP contribution in [0.5, 0.6) is 0 Å². The molecule has 3 nitrogen and oxygen atoms in total. The molecule has 0 radical (unpaired) electrons. The van der Waals surface area contributed by atoms with E-state index in [-0.39, 0.29) is 11.7 Å². The van der Waals surface area contributed by atoms with Gasteiger partial charge in [0.15, 0.2) is 5.78 Å². The Morgan fingerprint density at radius 2 is 1.47 bits per heavy atom. The van der Waals surface area contributed by atoms with Crippen molar-refractivity contribution in [1.29, 1.82) is 0 Å². The molecule has 0 unspecified atom stereocenters. The van der Waals surface area contributed by atoms with Gasteiger partial charge >= 0.3 is 0 Å². The molecule has 0 fully saturated rings. The Morgan fingerprint density at radius 3 is 2.06 bits per heavy atom. The van der Waals surface area contributed by atoms with Crippen LogP contribution in [0.4, 0.5) is 0 Å². The second kappa shape index (κ2) is 3.42. The number of rotatable bonds is 0. The van der Waals surface area contributed by atoms with Crippen LogP contribution in [0.1, 0.15) is 48.4 Å². The number of Topliss-reactive ketones (excluding diaryl/α,β-unsaturated/α-hetero) is 1. The third kappa shape index (κ3) is 1.57. The maximum atomic E-state index is 12.5. The Bertz CT molecular complexity index is 501. The number of hydrogen-bond donors (Lipinski definition) is 1. The lowest BCUT2D eigenvalue weighted by Crippen LogP contribution is -2.54. The Kier molecular flexibility index (Phi) is 2.38. The van der Waals surface area contributed by atoms with Gasteiger partial charge < -0.3 is 5.32 Å². The first kappa shape index (κ1) is 11.8. The van der Waals surface area contributed by atoms with Crippen molar-refractivity contribution in [3.8, 4) is 0 Å². The van der Waals surface area contributed by atoms with Crippen molar-refractivity contribution < 1.29 is 9.59 Å². The first-order valence-electron chi connectivity index (χ1n) is 5.74. The quantitative estimate of drug-likeness (QED) is 0.745. The van der Waals surface area contributed by atoms with Crippen LogP contribution in [0.25, 0.3) is 0 Å². The number of carbonyl (C=O) groups excluding carboxylic acids is 2. The summed E-state index contributed by atoms with van der Waals surface area (Å²) in [4.78, 5) is 24.6. The Hall–Kier alpha value is -1.64. The van der Waals surface area contributed by atoms with E-state index in [1.807, 2.05) is 27.7 Å². The van der Waals surface area contributed by atoms with E-state index < -0.39 is 11.0 Å². The van der Waals surface area contributed by atoms with E-state index in [0.29, 0.717) is 11.1 Å². The molecule has 1 aliphatic heterocycles. The molecule has 0 atom stereocenters. The van der Waals surface area contributed by atoms with Crippen LogP contribution in [0.15, 0.2) is 24.3 Å². The highest BCUT2D eigenvalue weighted by molar-refractivity contribution is 6.12. The SMILES string of the molecule is CC1(C)NC(=O)c2ccccc2C(=O)C1(C)C. The highest BCUT2D eigenvalue weighted by atomic mass is 16.2. The molecule has 1 aliphatic rings. The summed E-state index contributed by atoms with van der Waals surface area (Å²) in [5.41, 5.74) is -0.216. The number of benzene rings is 1. The molecule has 3 heteroatoms. The number of nitrogens with one attached hydrogen (secondary N) is 1. The van der Waals surface area contributed by atoms with E-state index in [9.17, 15) is 9.59 Å². The second-order valence-corrected chi connectivity index (χ2v) is 5.58. The van der Waals surface area contributed by atoms with E-state index >= 15 is 0 Å². The van der Waals surface area contributed by atoms with Crippen LogP contribution >= 0.6 is 0 Å². The molecule has 1 amide bonds. The van der Waals surface area contributed by atoms with E-state index in [0.717, 1.165) is 0 Å². The average Bonchev–Trinajstić information content (AvgIpc) is 2.30. The average molecular weight is 231 g/mol. The minimum Gasteiger partial charge on any atom is -0.346 e. The fourth-order valence-corrected chi connectivity index (χ4v) is 2.01. The van der Waals surface area contributed by atoms with E-state index in [1.165, 1.54) is 0 Å². The van der Waals surface area contributed by atoms with Gasteiger partial charge in [0.05, 0.1) is 11.0 Å². The van der Waals surface area contributed by atoms with Gasteiger partial charge in [-0.15, -0.1) is 0 Å². The van der Waals surface area contributed by atoms with Crippen molar-refractivity contribution >= 4 is 11.7 Å². The normalized spacial score (nSPS) is 21.4. The van der Waals surface area contributed by atoms with Gasteiger partial charge in [-0.3, -0.25) is 9.59 Å². The van der Waals surface area contributed by atoms with Crippen LogP contribution < -0.4 is 5.32 Å². The van der Waals surface area contributed by atoms with Crippen molar-refractivity contribution in [1.82, 2.24) is 5.32 Å². The molecule has 2 rings (SSSR count). The summed E-state index contributed by atoms with van der Waals surface area (Å²) < 4.78 is 0. The fourth-order valence-electron chi connectivity index (χ4n) is 2.01. The lowest BCUT2D eigenvalue weighted by atomic mass is 9.70. The monoisotopic (exact) mass is 231 g/mol. The topological polar surface area (TPSA) is 46.2 Å². The van der Waals surface area contributed by atoms with Gasteiger partial charge in [0, 0.05) is 11.1 Å². The number of ketones is 1. The molecule has 1 heterocycles. The van der Waals surface area contributed by atoms with Gasteiger partial charge in [0.1, 0.15) is 0 Å². The Labute approximate surface area is 101 Å². The third-order valence-corrected chi connectivity index (χ3v) is 3.97. The third-order valence-electron chi connectivity index (χ3n) is 3.97. The van der Waals surface area contributed by atoms with Crippen LogP contribution in [0.2, 0.25) is 0 Å². The molecule has 0 aromatic heterocycles. The molecule has 90 valence electrons. The van der Waals surface area contributed by atoms with E-state index in [4.69, 9.17) is 0 Å². The zero-order valence-electron chi connectivity index (χ0n) is 10.6. The second-order valence-electron chi connectivity index (χ2n) is 5.58. The van der Waals surface area contributed by atoms with Crippen molar-refractivity contribution in [2.75, 3.05) is 0 Å². The maximum absolute atomic E-state index is 12.5.